The summed E-state index contributed by atoms with van der Waals surface area (Å²) in [6.45, 7) is 15.2. The molecule has 0 aromatic heterocycles. The van der Waals surface area contributed by atoms with Gasteiger partial charge in [-0.1, -0.05) is 12.1 Å². The first-order valence-corrected chi connectivity index (χ1v) is 10.0. The lowest BCUT2D eigenvalue weighted by molar-refractivity contribution is -0.137. The zero-order chi connectivity index (χ0) is 28.4. The molecule has 0 aliphatic heterocycles. The Morgan fingerprint density at radius 3 is 2.03 bits per heavy atom. The van der Waals surface area contributed by atoms with E-state index in [4.69, 9.17) is 17.9 Å². The van der Waals surface area contributed by atoms with E-state index in [2.05, 4.69) is 9.69 Å². The van der Waals surface area contributed by atoms with Gasteiger partial charge in [-0.15, -0.1) is 0 Å². The van der Waals surface area contributed by atoms with Crippen molar-refractivity contribution in [3.8, 4) is 23.6 Å². The molecule has 0 saturated heterocycles. The molecule has 3 aromatic carbocycles. The van der Waals surface area contributed by atoms with Crippen LogP contribution in [0.3, 0.4) is 0 Å². The van der Waals surface area contributed by atoms with E-state index in [-0.39, 0.29) is 10.8 Å². The van der Waals surface area contributed by atoms with Crippen LogP contribution in [-0.2, 0) is 6.18 Å². The van der Waals surface area contributed by atoms with E-state index in [1.807, 2.05) is 0 Å². The van der Waals surface area contributed by atoms with Crippen LogP contribution in [0.1, 0.15) is 16.7 Å². The minimum Gasteiger partial charge on any atom is -0.457 e. The maximum Gasteiger partial charge on any atom is 0.416 e. The summed E-state index contributed by atoms with van der Waals surface area (Å²) in [5, 5.41) is 18.2. The number of hydrogen-bond acceptors (Lipinski definition) is 3. The molecule has 12 heteroatoms. The Morgan fingerprint density at radius 2 is 1.53 bits per heavy atom. The van der Waals surface area contributed by atoms with Crippen molar-refractivity contribution in [2.24, 2.45) is 0 Å². The fraction of sp³-hybridized carbons (Fsp3) is 0.0769. The van der Waals surface area contributed by atoms with Crippen molar-refractivity contribution in [1.29, 1.82) is 10.5 Å². The van der Waals surface area contributed by atoms with Crippen LogP contribution in [0.15, 0.2) is 36.4 Å². The van der Waals surface area contributed by atoms with Gasteiger partial charge in [0.1, 0.15) is 17.6 Å². The summed E-state index contributed by atoms with van der Waals surface area (Å²) in [5.41, 5.74) is -5.65. The molecule has 0 fully saturated rings. The number of nitrogens with zero attached hydrogens (tertiary/aromatic N) is 4. The number of aryl methyl sites for hydroxylation is 1. The SMILES string of the molecule is [C-]#[N+]/C(C#N)=c1\cc/c(=C(/C#N)c2c(F)c(F)c([N+]#[C-])c(F)c2F)c(Oc2cc(C)cc(C(F)(F)F)c2)c1. The maximum atomic E-state index is 14.8. The lowest BCUT2D eigenvalue weighted by atomic mass is 10.0. The first-order valence-electron chi connectivity index (χ1n) is 10.0. The van der Waals surface area contributed by atoms with Crippen molar-refractivity contribution < 1.29 is 35.5 Å². The van der Waals surface area contributed by atoms with Crippen molar-refractivity contribution in [1.82, 2.24) is 0 Å². The van der Waals surface area contributed by atoms with E-state index < -0.39 is 74.2 Å². The minimum atomic E-state index is -4.78. The van der Waals surface area contributed by atoms with Crippen LogP contribution < -0.4 is 15.2 Å². The second-order valence-electron chi connectivity index (χ2n) is 7.50. The molecule has 0 spiro atoms. The summed E-state index contributed by atoms with van der Waals surface area (Å²) in [6, 6.07) is 8.46. The van der Waals surface area contributed by atoms with Gasteiger partial charge in [-0.2, -0.15) is 18.4 Å². The zero-order valence-electron chi connectivity index (χ0n) is 18.8. The fourth-order valence-electron chi connectivity index (χ4n) is 3.40. The molecule has 5 nitrogen and oxygen atoms in total. The van der Waals surface area contributed by atoms with Crippen molar-refractivity contribution in [3.63, 3.8) is 0 Å². The average Bonchev–Trinajstić information content (AvgIpc) is 2.86. The van der Waals surface area contributed by atoms with Crippen LogP contribution in [0.5, 0.6) is 11.5 Å². The standard InChI is InChI=1S/C26H9F7N4O/c1-12-6-14(26(31,32)33)9-15(7-12)38-19-8-13(18(11-35)36-2)4-5-16(19)17(10-34)20-21(27)23(29)25(37-3)24(30)22(20)28/h4-9H,1H3/b17-16+,18-13+. The average molecular weight is 526 g/mol. The molecule has 0 N–H and O–H groups in total. The highest BCUT2D eigenvalue weighted by Gasteiger charge is 2.31. The summed E-state index contributed by atoms with van der Waals surface area (Å²) in [5.74, 6) is -9.28. The Labute approximate surface area is 209 Å². The number of benzene rings is 3. The van der Waals surface area contributed by atoms with Gasteiger partial charge >= 0.3 is 6.18 Å². The highest BCUT2D eigenvalue weighted by Crippen LogP contribution is 2.35. The smallest absolute Gasteiger partial charge is 0.416 e. The van der Waals surface area contributed by atoms with Crippen molar-refractivity contribution in [2.45, 2.75) is 13.1 Å². The Hall–Kier alpha value is -5.33. The molecule has 0 atom stereocenters. The Bertz CT molecular complexity index is 1740. The molecule has 0 saturated carbocycles. The summed E-state index contributed by atoms with van der Waals surface area (Å²) in [6.07, 6.45) is -4.78. The number of nitriles is 2. The molecule has 38 heavy (non-hydrogen) atoms. The first-order chi connectivity index (χ1) is 17.9. The van der Waals surface area contributed by atoms with Crippen LogP contribution in [0.2, 0.25) is 0 Å². The third-order valence-corrected chi connectivity index (χ3v) is 5.06. The highest BCUT2D eigenvalue weighted by atomic mass is 19.4. The van der Waals surface area contributed by atoms with Gasteiger partial charge in [-0.25, -0.2) is 32.5 Å². The molecule has 3 aromatic rings. The third kappa shape index (κ3) is 4.97. The topological polar surface area (TPSA) is 65.5 Å². The van der Waals surface area contributed by atoms with Crippen molar-refractivity contribution in [2.75, 3.05) is 0 Å². The molecule has 188 valence electrons. The van der Waals surface area contributed by atoms with Gasteiger partial charge in [-0.3, -0.25) is 0 Å². The zero-order valence-corrected chi connectivity index (χ0v) is 18.8. The molecular formula is C26H9F7N4O. The summed E-state index contributed by atoms with van der Waals surface area (Å²) in [4.78, 5) is 5.39. The van der Waals surface area contributed by atoms with Gasteiger partial charge in [0, 0.05) is 5.22 Å². The monoisotopic (exact) mass is 526 g/mol. The van der Waals surface area contributed by atoms with Crippen molar-refractivity contribution >= 4 is 17.0 Å². The van der Waals surface area contributed by atoms with E-state index >= 15 is 0 Å². The molecule has 3 rings (SSSR count). The molecule has 0 unspecified atom stereocenters. The lowest BCUT2D eigenvalue weighted by Gasteiger charge is -2.13. The maximum absolute atomic E-state index is 14.8. The van der Waals surface area contributed by atoms with E-state index in [0.717, 1.165) is 30.3 Å². The number of rotatable bonds is 3. The van der Waals surface area contributed by atoms with Gasteiger partial charge in [-0.05, 0) is 42.0 Å². The van der Waals surface area contributed by atoms with Gasteiger partial charge in [0.2, 0.25) is 0 Å². The number of halogens is 7. The molecule has 0 bridgehead atoms. The predicted molar refractivity (Wildman–Crippen MR) is 118 cm³/mol. The van der Waals surface area contributed by atoms with Gasteiger partial charge in [0.25, 0.3) is 11.4 Å². The largest absolute Gasteiger partial charge is 0.457 e. The third-order valence-electron chi connectivity index (χ3n) is 5.06. The Kier molecular flexibility index (Phi) is 7.42. The molecular weight excluding hydrogens is 517 g/mol. The van der Waals surface area contributed by atoms with Crippen LogP contribution in [-0.4, -0.2) is 0 Å². The number of hydrogen-bond donors (Lipinski definition) is 0. The number of alkyl halides is 3. The number of ether oxygens (including phenoxy) is 1. The summed E-state index contributed by atoms with van der Waals surface area (Å²) < 4.78 is 104. The van der Waals surface area contributed by atoms with Crippen LogP contribution >= 0.6 is 0 Å². The normalized spacial score (nSPS) is 12.4. The van der Waals surface area contributed by atoms with Crippen molar-refractivity contribution in [3.05, 3.63) is 110 Å². The predicted octanol–water partition coefficient (Wildman–Crippen LogP) is 6.19. The first kappa shape index (κ1) is 27.3. The van der Waals surface area contributed by atoms with Crippen LogP contribution in [0.4, 0.5) is 36.4 Å². The Morgan fingerprint density at radius 1 is 0.895 bits per heavy atom. The Balaban J connectivity index is 2.49. The quantitative estimate of drug-likeness (QED) is 0.232. The van der Waals surface area contributed by atoms with Gasteiger partial charge in [0.05, 0.1) is 35.9 Å². The lowest BCUT2D eigenvalue weighted by Crippen LogP contribution is -2.18. The van der Waals surface area contributed by atoms with Crippen LogP contribution in [0.25, 0.3) is 21.0 Å². The van der Waals surface area contributed by atoms with Crippen LogP contribution in [0, 0.1) is 66.0 Å². The summed E-state index contributed by atoms with van der Waals surface area (Å²) in [7, 11) is 0. The second-order valence-corrected chi connectivity index (χ2v) is 7.50. The molecule has 0 aliphatic rings. The minimum absolute atomic E-state index is 0.0958. The molecule has 0 aliphatic carbocycles. The summed E-state index contributed by atoms with van der Waals surface area (Å²) >= 11 is 0. The highest BCUT2D eigenvalue weighted by molar-refractivity contribution is 5.80. The van der Waals surface area contributed by atoms with E-state index in [9.17, 15) is 41.3 Å². The van der Waals surface area contributed by atoms with E-state index in [0.29, 0.717) is 6.07 Å². The second kappa shape index (κ2) is 10.3. The molecule has 0 radical (unpaired) electrons. The van der Waals surface area contributed by atoms with Gasteiger partial charge in [0.15, 0.2) is 23.3 Å². The van der Waals surface area contributed by atoms with Gasteiger partial charge < -0.3 is 4.74 Å². The molecule has 0 heterocycles. The van der Waals surface area contributed by atoms with E-state index in [1.165, 1.54) is 13.0 Å². The fourth-order valence-corrected chi connectivity index (χ4v) is 3.40. The van der Waals surface area contributed by atoms with E-state index in [1.54, 1.807) is 6.07 Å². The molecule has 0 amide bonds.